The molecule has 0 radical (unpaired) electrons. The predicted molar refractivity (Wildman–Crippen MR) is 98.8 cm³/mol. The third-order valence-electron chi connectivity index (χ3n) is 4.22. The molecule has 5 heteroatoms. The predicted octanol–water partition coefficient (Wildman–Crippen LogP) is 2.67. The van der Waals surface area contributed by atoms with E-state index < -0.39 is 0 Å². The molecule has 2 aromatic carbocycles. The fourth-order valence-corrected chi connectivity index (χ4v) is 3.01. The van der Waals surface area contributed by atoms with Crippen molar-refractivity contribution in [2.24, 2.45) is 7.05 Å². The van der Waals surface area contributed by atoms with Crippen LogP contribution in [0.2, 0.25) is 0 Å². The average molecular weight is 342 g/mol. The van der Waals surface area contributed by atoms with Crippen LogP contribution in [-0.4, -0.2) is 19.9 Å². The molecule has 0 spiro atoms. The number of nitrogens with zero attached hydrogens (tertiary/aromatic N) is 5. The van der Waals surface area contributed by atoms with E-state index in [0.717, 1.165) is 24.4 Å². The number of benzene rings is 2. The van der Waals surface area contributed by atoms with Crippen molar-refractivity contribution in [2.45, 2.75) is 12.8 Å². The SMILES string of the molecule is C[n+]1ccn(-c2cccc(Cc3cccc(Cc4ncccn4)c3)c2)n1. The van der Waals surface area contributed by atoms with Crippen LogP contribution in [0.5, 0.6) is 0 Å². The smallest absolute Gasteiger partial charge is 0.161 e. The van der Waals surface area contributed by atoms with Gasteiger partial charge in [0.05, 0.1) is 5.21 Å². The Balaban J connectivity index is 1.53. The Hall–Kier alpha value is -3.34. The summed E-state index contributed by atoms with van der Waals surface area (Å²) in [6.45, 7) is 0. The minimum Gasteiger partial charge on any atom is -0.241 e. The highest BCUT2D eigenvalue weighted by molar-refractivity contribution is 5.38. The van der Waals surface area contributed by atoms with Crippen molar-refractivity contribution in [1.82, 2.24) is 19.9 Å². The van der Waals surface area contributed by atoms with Gasteiger partial charge >= 0.3 is 0 Å². The third kappa shape index (κ3) is 3.83. The molecular formula is C21H20N5+. The summed E-state index contributed by atoms with van der Waals surface area (Å²) < 4.78 is 3.68. The van der Waals surface area contributed by atoms with Gasteiger partial charge in [-0.05, 0) is 41.3 Å². The third-order valence-corrected chi connectivity index (χ3v) is 4.22. The second kappa shape index (κ2) is 7.27. The molecule has 4 rings (SSSR count). The highest BCUT2D eigenvalue weighted by atomic mass is 15.5. The van der Waals surface area contributed by atoms with Gasteiger partial charge in [-0.2, -0.15) is 0 Å². The Morgan fingerprint density at radius 3 is 2.27 bits per heavy atom. The Kier molecular flexibility index (Phi) is 4.51. The molecule has 0 aliphatic heterocycles. The van der Waals surface area contributed by atoms with E-state index in [1.807, 2.05) is 30.2 Å². The van der Waals surface area contributed by atoms with Crippen molar-refractivity contribution < 1.29 is 4.68 Å². The van der Waals surface area contributed by atoms with E-state index in [1.165, 1.54) is 16.7 Å². The van der Waals surface area contributed by atoms with E-state index in [2.05, 4.69) is 63.7 Å². The van der Waals surface area contributed by atoms with Crippen LogP contribution in [0, 0.1) is 0 Å². The topological polar surface area (TPSA) is 47.5 Å². The summed E-state index contributed by atoms with van der Waals surface area (Å²) in [6.07, 6.45) is 9.09. The Morgan fingerprint density at radius 1 is 0.846 bits per heavy atom. The van der Waals surface area contributed by atoms with Gasteiger partial charge in [-0.25, -0.2) is 9.97 Å². The largest absolute Gasteiger partial charge is 0.241 e. The monoisotopic (exact) mass is 342 g/mol. The van der Waals surface area contributed by atoms with Crippen molar-refractivity contribution in [3.8, 4) is 5.69 Å². The van der Waals surface area contributed by atoms with Gasteiger partial charge < -0.3 is 0 Å². The van der Waals surface area contributed by atoms with Gasteiger partial charge in [0.2, 0.25) is 0 Å². The van der Waals surface area contributed by atoms with Crippen LogP contribution >= 0.6 is 0 Å². The van der Waals surface area contributed by atoms with Gasteiger partial charge in [0.1, 0.15) is 12.9 Å². The first-order valence-corrected chi connectivity index (χ1v) is 8.61. The fraction of sp³-hybridized carbons (Fsp3) is 0.143. The van der Waals surface area contributed by atoms with E-state index in [4.69, 9.17) is 0 Å². The fourth-order valence-electron chi connectivity index (χ4n) is 3.01. The van der Waals surface area contributed by atoms with Crippen molar-refractivity contribution in [1.29, 1.82) is 0 Å². The number of rotatable bonds is 5. The lowest BCUT2D eigenvalue weighted by molar-refractivity contribution is -0.731. The zero-order valence-electron chi connectivity index (χ0n) is 14.7. The van der Waals surface area contributed by atoms with Crippen LogP contribution < -0.4 is 4.68 Å². The second-order valence-electron chi connectivity index (χ2n) is 6.31. The standard InChI is InChI=1S/C21H20N5/c1-25-11-12-26(24-25)20-8-3-7-18(15-20)13-17-5-2-6-19(14-17)16-21-22-9-4-10-23-21/h2-12,14-15H,13,16H2,1H3/q+1. The molecule has 2 heterocycles. The van der Waals surface area contributed by atoms with Crippen molar-refractivity contribution >= 4 is 0 Å². The first kappa shape index (κ1) is 16.1. The molecule has 128 valence electrons. The Labute approximate surface area is 152 Å². The normalized spacial score (nSPS) is 10.8. The molecule has 0 amide bonds. The van der Waals surface area contributed by atoms with Gasteiger partial charge in [0.15, 0.2) is 18.1 Å². The highest BCUT2D eigenvalue weighted by Crippen LogP contribution is 2.16. The summed E-state index contributed by atoms with van der Waals surface area (Å²) in [4.78, 5) is 8.62. The van der Waals surface area contributed by atoms with Crippen molar-refractivity contribution in [2.75, 3.05) is 0 Å². The molecule has 26 heavy (non-hydrogen) atoms. The van der Waals surface area contributed by atoms with Crippen LogP contribution in [-0.2, 0) is 19.9 Å². The summed E-state index contributed by atoms with van der Waals surface area (Å²) in [5, 5.41) is 4.41. The van der Waals surface area contributed by atoms with Crippen LogP contribution in [0.1, 0.15) is 22.5 Å². The van der Waals surface area contributed by atoms with Crippen LogP contribution in [0.3, 0.4) is 0 Å². The molecule has 0 N–H and O–H groups in total. The molecule has 0 atom stereocenters. The van der Waals surface area contributed by atoms with Gasteiger partial charge in [0, 0.05) is 18.8 Å². The summed E-state index contributed by atoms with van der Waals surface area (Å²) >= 11 is 0. The first-order chi connectivity index (χ1) is 12.8. The van der Waals surface area contributed by atoms with Crippen molar-refractivity contribution in [3.63, 3.8) is 0 Å². The van der Waals surface area contributed by atoms with Gasteiger partial charge in [-0.3, -0.25) is 0 Å². The summed E-state index contributed by atoms with van der Waals surface area (Å²) in [7, 11) is 1.92. The summed E-state index contributed by atoms with van der Waals surface area (Å²) in [5.41, 5.74) is 4.83. The molecular weight excluding hydrogens is 322 g/mol. The maximum absolute atomic E-state index is 4.41. The molecule has 4 aromatic rings. The lowest BCUT2D eigenvalue weighted by Crippen LogP contribution is -2.30. The molecule has 0 unspecified atom stereocenters. The number of aromatic nitrogens is 5. The molecule has 5 nitrogen and oxygen atoms in total. The Bertz CT molecular complexity index is 1010. The average Bonchev–Trinajstić information content (AvgIpc) is 3.10. The molecule has 0 fully saturated rings. The summed E-state index contributed by atoms with van der Waals surface area (Å²) in [5.74, 6) is 0.846. The van der Waals surface area contributed by atoms with E-state index in [0.29, 0.717) is 0 Å². The molecule has 0 aliphatic carbocycles. The van der Waals surface area contributed by atoms with Gasteiger partial charge in [-0.15, -0.1) is 9.36 Å². The molecule has 0 saturated carbocycles. The molecule has 0 aliphatic rings. The minimum atomic E-state index is 0.749. The lowest BCUT2D eigenvalue weighted by Gasteiger charge is -2.06. The van der Waals surface area contributed by atoms with Crippen molar-refractivity contribution in [3.05, 3.63) is 102 Å². The molecule has 0 saturated heterocycles. The Morgan fingerprint density at radius 2 is 1.54 bits per heavy atom. The quantitative estimate of drug-likeness (QED) is 0.524. The maximum Gasteiger partial charge on any atom is 0.161 e. The van der Waals surface area contributed by atoms with Gasteiger partial charge in [0.25, 0.3) is 0 Å². The lowest BCUT2D eigenvalue weighted by atomic mass is 10.0. The van der Waals surface area contributed by atoms with Crippen LogP contribution in [0.25, 0.3) is 5.69 Å². The first-order valence-electron chi connectivity index (χ1n) is 8.61. The van der Waals surface area contributed by atoms with Gasteiger partial charge in [-0.1, -0.05) is 36.4 Å². The second-order valence-corrected chi connectivity index (χ2v) is 6.31. The zero-order valence-corrected chi connectivity index (χ0v) is 14.7. The molecule has 2 aromatic heterocycles. The van der Waals surface area contributed by atoms with Crippen LogP contribution in [0.4, 0.5) is 0 Å². The zero-order chi connectivity index (χ0) is 17.8. The highest BCUT2D eigenvalue weighted by Gasteiger charge is 2.08. The number of hydrogen-bond donors (Lipinski definition) is 0. The van der Waals surface area contributed by atoms with E-state index >= 15 is 0 Å². The van der Waals surface area contributed by atoms with E-state index in [1.54, 1.807) is 17.1 Å². The number of aryl methyl sites for hydroxylation is 1. The maximum atomic E-state index is 4.41. The van der Waals surface area contributed by atoms with E-state index in [9.17, 15) is 0 Å². The van der Waals surface area contributed by atoms with E-state index in [-0.39, 0.29) is 0 Å². The number of hydrogen-bond acceptors (Lipinski definition) is 3. The van der Waals surface area contributed by atoms with Crippen LogP contribution in [0.15, 0.2) is 79.4 Å². The summed E-state index contributed by atoms with van der Waals surface area (Å²) in [6, 6.07) is 18.9. The molecule has 0 bridgehead atoms. The minimum absolute atomic E-state index is 0.749.